The number of aliphatic hydroxyl groups excluding tert-OH is 3. The second-order valence-electron chi connectivity index (χ2n) is 15.2. The highest BCUT2D eigenvalue weighted by Gasteiger charge is 2.72. The molecular weight excluding hydrogens is 612 g/mol. The van der Waals surface area contributed by atoms with E-state index in [9.17, 15) is 25.5 Å². The minimum atomic E-state index is -1.05. The molecule has 2 fully saturated rings. The molecule has 0 aromatic heterocycles. The first-order valence-corrected chi connectivity index (χ1v) is 17.5. The lowest BCUT2D eigenvalue weighted by Crippen LogP contribution is -2.75. The van der Waals surface area contributed by atoms with E-state index in [4.69, 9.17) is 14.2 Å². The summed E-state index contributed by atoms with van der Waals surface area (Å²) in [7, 11) is 4.14. The summed E-state index contributed by atoms with van der Waals surface area (Å²) in [6.07, 6.45) is 8.85. The summed E-state index contributed by atoms with van der Waals surface area (Å²) < 4.78 is 18.6. The van der Waals surface area contributed by atoms with Gasteiger partial charge in [0.1, 0.15) is 47.1 Å². The molecule has 2 spiro atoms. The van der Waals surface area contributed by atoms with E-state index in [1.54, 1.807) is 12.2 Å². The Balaban J connectivity index is 0.000000131. The lowest BCUT2D eigenvalue weighted by molar-refractivity contribution is -0.157. The van der Waals surface area contributed by atoms with E-state index in [0.29, 0.717) is 12.4 Å². The summed E-state index contributed by atoms with van der Waals surface area (Å²) in [5, 5.41) is 53.6. The van der Waals surface area contributed by atoms with Crippen LogP contribution in [-0.4, -0.2) is 117 Å². The number of nitrogens with zero attached hydrogens (tertiary/aromatic N) is 2. The Morgan fingerprint density at radius 2 is 1.27 bits per heavy atom. The Morgan fingerprint density at radius 1 is 0.771 bits per heavy atom. The molecule has 4 unspecified atom stereocenters. The molecule has 10 nitrogen and oxygen atoms in total. The number of likely N-dealkylation sites (N-methyl/N-ethyl adjacent to an activating group) is 2. The summed E-state index contributed by atoms with van der Waals surface area (Å²) >= 11 is 0. The lowest BCUT2D eigenvalue weighted by Gasteiger charge is -2.61. The Labute approximate surface area is 280 Å². The van der Waals surface area contributed by atoms with Crippen molar-refractivity contribution in [2.45, 2.75) is 104 Å². The molecule has 256 valence electrons. The first kappa shape index (κ1) is 31.2. The first-order chi connectivity index (χ1) is 23.1. The number of ether oxygens (including phenoxy) is 3. The van der Waals surface area contributed by atoms with E-state index in [1.807, 2.05) is 44.3 Å². The predicted molar refractivity (Wildman–Crippen MR) is 176 cm³/mol. The van der Waals surface area contributed by atoms with Crippen molar-refractivity contribution in [3.8, 4) is 11.5 Å². The number of hydrogen-bond acceptors (Lipinski definition) is 10. The maximum atomic E-state index is 11.9. The standard InChI is InChI=1S/C20H25NO4.C18H21NO4/c1-3-24-14-6-7-20(23)15-10-12-4-5-13(11-22)17-16(12)19(20,18(14)25-17)8-9-21(15)2;1-19-7-6-17-14-10-2-3-11(9-20)15(14)23-16(17)12(21)4-5-18(17,22)13(19)8-10/h4-7,14-15,18,22-23H,3,8-11H2,1-2H3;2-5,12-13,16,20-22H,6-9H2,1H3/t14-,15?,18?,19-,20+;12-,13?,16?,17-,18+/m00/s1. The van der Waals surface area contributed by atoms with Gasteiger partial charge in [-0.2, -0.15) is 0 Å². The fraction of sp³-hybridized carbons (Fsp3) is 0.579. The van der Waals surface area contributed by atoms with Gasteiger partial charge < -0.3 is 39.7 Å². The van der Waals surface area contributed by atoms with Crippen molar-refractivity contribution >= 4 is 0 Å². The van der Waals surface area contributed by atoms with Crippen LogP contribution in [0.15, 0.2) is 48.6 Å². The van der Waals surface area contributed by atoms with Crippen LogP contribution in [0, 0.1) is 0 Å². The lowest BCUT2D eigenvalue weighted by atomic mass is 9.50. The van der Waals surface area contributed by atoms with Crippen LogP contribution in [0.5, 0.6) is 11.5 Å². The van der Waals surface area contributed by atoms with Crippen LogP contribution in [0.3, 0.4) is 0 Å². The maximum Gasteiger partial charge on any atom is 0.141 e. The smallest absolute Gasteiger partial charge is 0.141 e. The van der Waals surface area contributed by atoms with Crippen molar-refractivity contribution < 1.29 is 39.7 Å². The normalized spacial score (nSPS) is 41.9. The van der Waals surface area contributed by atoms with E-state index in [0.717, 1.165) is 66.8 Å². The Hall–Kier alpha value is -2.80. The van der Waals surface area contributed by atoms with Gasteiger partial charge in [0, 0.05) is 40.9 Å². The molecule has 5 N–H and O–H groups in total. The third-order valence-corrected chi connectivity index (χ3v) is 13.5. The first-order valence-electron chi connectivity index (χ1n) is 17.5. The van der Waals surface area contributed by atoms with Crippen LogP contribution < -0.4 is 9.47 Å². The van der Waals surface area contributed by atoms with Crippen molar-refractivity contribution in [3.05, 3.63) is 82.0 Å². The average molecular weight is 659 g/mol. The molecule has 0 radical (unpaired) electrons. The van der Waals surface area contributed by atoms with Crippen molar-refractivity contribution in [1.82, 2.24) is 9.80 Å². The third-order valence-electron chi connectivity index (χ3n) is 13.5. The number of piperidine rings is 2. The average Bonchev–Trinajstić information content (AvgIpc) is 3.62. The summed E-state index contributed by atoms with van der Waals surface area (Å²) in [6, 6.07) is 8.04. The van der Waals surface area contributed by atoms with Gasteiger partial charge in [0.05, 0.1) is 24.0 Å². The van der Waals surface area contributed by atoms with Gasteiger partial charge in [-0.15, -0.1) is 0 Å². The van der Waals surface area contributed by atoms with E-state index in [-0.39, 0.29) is 37.5 Å². The van der Waals surface area contributed by atoms with E-state index >= 15 is 0 Å². The highest BCUT2D eigenvalue weighted by molar-refractivity contribution is 5.63. The molecule has 4 heterocycles. The quantitative estimate of drug-likeness (QED) is 0.306. The zero-order valence-corrected chi connectivity index (χ0v) is 27.8. The molecule has 4 aliphatic heterocycles. The summed E-state index contributed by atoms with van der Waals surface area (Å²) in [5.74, 6) is 1.46. The fourth-order valence-electron chi connectivity index (χ4n) is 11.3. The topological polar surface area (TPSA) is 135 Å². The van der Waals surface area contributed by atoms with Gasteiger partial charge in [-0.25, -0.2) is 0 Å². The molecule has 4 bridgehead atoms. The maximum absolute atomic E-state index is 11.9. The van der Waals surface area contributed by atoms with Gasteiger partial charge in [0.15, 0.2) is 0 Å². The molecule has 10 heteroatoms. The van der Waals surface area contributed by atoms with E-state index in [2.05, 4.69) is 22.9 Å². The predicted octanol–water partition coefficient (Wildman–Crippen LogP) is 1.24. The van der Waals surface area contributed by atoms with Gasteiger partial charge in [-0.1, -0.05) is 48.6 Å². The fourth-order valence-corrected chi connectivity index (χ4v) is 11.3. The number of rotatable bonds is 4. The summed E-state index contributed by atoms with van der Waals surface area (Å²) in [5.41, 5.74) is 2.95. The van der Waals surface area contributed by atoms with Crippen molar-refractivity contribution in [2.24, 2.45) is 0 Å². The molecule has 10 atom stereocenters. The molecule has 2 aromatic rings. The van der Waals surface area contributed by atoms with Crippen molar-refractivity contribution in [3.63, 3.8) is 0 Å². The van der Waals surface area contributed by atoms with Gasteiger partial charge in [-0.3, -0.25) is 9.80 Å². The van der Waals surface area contributed by atoms with E-state index < -0.39 is 34.2 Å². The Morgan fingerprint density at radius 3 is 1.79 bits per heavy atom. The second-order valence-corrected chi connectivity index (χ2v) is 15.2. The highest BCUT2D eigenvalue weighted by atomic mass is 16.5. The molecule has 0 amide bonds. The van der Waals surface area contributed by atoms with Gasteiger partial charge >= 0.3 is 0 Å². The van der Waals surface area contributed by atoms with Gasteiger partial charge in [-0.05, 0) is 70.9 Å². The zero-order valence-electron chi connectivity index (χ0n) is 27.8. The minimum Gasteiger partial charge on any atom is -0.486 e. The molecule has 2 aromatic carbocycles. The third kappa shape index (κ3) is 3.50. The number of aliphatic hydroxyl groups is 5. The second kappa shape index (κ2) is 10.4. The number of benzene rings is 2. The highest BCUT2D eigenvalue weighted by Crippen LogP contribution is 2.64. The molecule has 8 aliphatic rings. The van der Waals surface area contributed by atoms with Gasteiger partial charge in [0.25, 0.3) is 0 Å². The number of hydrogen-bond donors (Lipinski definition) is 5. The van der Waals surface area contributed by atoms with Gasteiger partial charge in [0.2, 0.25) is 0 Å². The van der Waals surface area contributed by atoms with E-state index in [1.165, 1.54) is 11.1 Å². The summed E-state index contributed by atoms with van der Waals surface area (Å²) in [6.45, 7) is 4.20. The van der Waals surface area contributed by atoms with Crippen LogP contribution in [0.25, 0.3) is 0 Å². The Kier molecular flexibility index (Phi) is 6.74. The molecule has 0 saturated carbocycles. The largest absolute Gasteiger partial charge is 0.486 e. The SMILES string of the molecule is CCO[C@H]1C=C[C@@]2(O)C3Cc4ccc(CO)c5c4[C@@]2(CCN3C)C1O5.CN1CC[C@]23c4c5ccc(CO)c4OC2[C@@H](O)C=C[C@@]3(O)C1C5. The van der Waals surface area contributed by atoms with Crippen LogP contribution >= 0.6 is 0 Å². The van der Waals surface area contributed by atoms with Crippen LogP contribution in [0.1, 0.15) is 53.1 Å². The van der Waals surface area contributed by atoms with Crippen molar-refractivity contribution in [1.29, 1.82) is 0 Å². The Bertz CT molecular complexity index is 1750. The van der Waals surface area contributed by atoms with Crippen LogP contribution in [0.2, 0.25) is 0 Å². The molecule has 4 aliphatic carbocycles. The zero-order chi connectivity index (χ0) is 33.4. The summed E-state index contributed by atoms with van der Waals surface area (Å²) in [4.78, 5) is 4.49. The molecule has 48 heavy (non-hydrogen) atoms. The van der Waals surface area contributed by atoms with Crippen LogP contribution in [-0.2, 0) is 41.6 Å². The molecule has 10 rings (SSSR count). The molecular formula is C38H46N2O8. The molecule has 2 saturated heterocycles. The van der Waals surface area contributed by atoms with Crippen LogP contribution in [0.4, 0.5) is 0 Å². The minimum absolute atomic E-state index is 0.0236. The van der Waals surface area contributed by atoms with Crippen molar-refractivity contribution in [2.75, 3.05) is 33.8 Å². The monoisotopic (exact) mass is 658 g/mol. The number of likely N-dealkylation sites (tertiary alicyclic amines) is 2.